The summed E-state index contributed by atoms with van der Waals surface area (Å²) in [5, 5.41) is 2.47. The van der Waals surface area contributed by atoms with Gasteiger partial charge in [0, 0.05) is 17.3 Å². The number of halogens is 2. The highest BCUT2D eigenvalue weighted by atomic mass is 19.1. The fraction of sp³-hybridized carbons (Fsp3) is 0.118. The molecule has 2 rings (SSSR count). The van der Waals surface area contributed by atoms with Gasteiger partial charge in [0.15, 0.2) is 11.6 Å². The Kier molecular flexibility index (Phi) is 4.95. The van der Waals surface area contributed by atoms with Crippen LogP contribution in [0.25, 0.3) is 0 Å². The van der Waals surface area contributed by atoms with Crippen LogP contribution in [0.2, 0.25) is 0 Å². The van der Waals surface area contributed by atoms with Crippen molar-refractivity contribution >= 4 is 23.2 Å². The lowest BCUT2D eigenvalue weighted by Gasteiger charge is -2.06. The largest absolute Gasteiger partial charge is 0.326 e. The molecule has 4 nitrogen and oxygen atoms in total. The van der Waals surface area contributed by atoms with E-state index in [2.05, 4.69) is 5.32 Å². The van der Waals surface area contributed by atoms with E-state index in [0.717, 1.165) is 12.1 Å². The average Bonchev–Trinajstić information content (AvgIpc) is 2.47. The smallest absolute Gasteiger partial charge is 0.232 e. The number of rotatable bonds is 5. The molecule has 0 heterocycles. The molecule has 0 aliphatic heterocycles. The molecule has 0 saturated carbocycles. The molecular formula is C17H13F2NO3. The number of carbonyl (C=O) groups is 3. The Morgan fingerprint density at radius 3 is 2.22 bits per heavy atom. The third kappa shape index (κ3) is 4.29. The average molecular weight is 317 g/mol. The molecule has 1 N–H and O–H groups in total. The Morgan fingerprint density at radius 2 is 1.65 bits per heavy atom. The highest BCUT2D eigenvalue weighted by Gasteiger charge is 2.16. The number of nitrogens with one attached hydrogen (secondary N) is 1. The van der Waals surface area contributed by atoms with Crippen LogP contribution < -0.4 is 5.32 Å². The van der Waals surface area contributed by atoms with Crippen LogP contribution >= 0.6 is 0 Å². The fourth-order valence-corrected chi connectivity index (χ4v) is 1.95. The van der Waals surface area contributed by atoms with Gasteiger partial charge in [0.25, 0.3) is 0 Å². The molecule has 0 fully saturated rings. The van der Waals surface area contributed by atoms with E-state index in [1.807, 2.05) is 0 Å². The first-order valence-electron chi connectivity index (χ1n) is 6.76. The minimum absolute atomic E-state index is 0.107. The van der Waals surface area contributed by atoms with Crippen LogP contribution in [0, 0.1) is 11.6 Å². The third-order valence-electron chi connectivity index (χ3n) is 3.13. The topological polar surface area (TPSA) is 63.2 Å². The van der Waals surface area contributed by atoms with Gasteiger partial charge < -0.3 is 5.32 Å². The van der Waals surface area contributed by atoms with Gasteiger partial charge in [0.05, 0.1) is 12.0 Å². The standard InChI is InChI=1S/C17H13F2NO3/c1-10(21)11-2-5-13(6-3-11)20-17(23)9-16(22)14-7-4-12(18)8-15(14)19/h2-8H,9H2,1H3,(H,20,23). The number of anilines is 1. The summed E-state index contributed by atoms with van der Waals surface area (Å²) < 4.78 is 26.3. The van der Waals surface area contributed by atoms with E-state index in [-0.39, 0.29) is 11.3 Å². The molecule has 0 radical (unpaired) electrons. The lowest BCUT2D eigenvalue weighted by molar-refractivity contribution is -0.115. The highest BCUT2D eigenvalue weighted by molar-refractivity contribution is 6.11. The second kappa shape index (κ2) is 6.91. The zero-order valence-electron chi connectivity index (χ0n) is 12.2. The van der Waals surface area contributed by atoms with E-state index in [1.54, 1.807) is 12.1 Å². The maximum absolute atomic E-state index is 13.5. The van der Waals surface area contributed by atoms with Gasteiger partial charge >= 0.3 is 0 Å². The zero-order valence-corrected chi connectivity index (χ0v) is 12.2. The van der Waals surface area contributed by atoms with Gasteiger partial charge in [-0.2, -0.15) is 0 Å². The lowest BCUT2D eigenvalue weighted by atomic mass is 10.1. The number of Topliss-reactive ketones (excluding diaryl/α,β-unsaturated/α-hetero) is 2. The molecule has 23 heavy (non-hydrogen) atoms. The Balaban J connectivity index is 2.01. The maximum Gasteiger partial charge on any atom is 0.232 e. The summed E-state index contributed by atoms with van der Waals surface area (Å²) in [6, 6.07) is 8.68. The van der Waals surface area contributed by atoms with Crippen molar-refractivity contribution in [3.8, 4) is 0 Å². The van der Waals surface area contributed by atoms with Crippen molar-refractivity contribution in [3.05, 3.63) is 65.2 Å². The van der Waals surface area contributed by atoms with E-state index in [0.29, 0.717) is 17.3 Å². The molecule has 0 spiro atoms. The Morgan fingerprint density at radius 1 is 1.00 bits per heavy atom. The Bertz CT molecular complexity index is 770. The number of ketones is 2. The van der Waals surface area contributed by atoms with Crippen LogP contribution in [-0.2, 0) is 4.79 Å². The van der Waals surface area contributed by atoms with Gasteiger partial charge in [-0.15, -0.1) is 0 Å². The van der Waals surface area contributed by atoms with Gasteiger partial charge in [0.1, 0.15) is 11.6 Å². The molecule has 0 aliphatic carbocycles. The molecule has 2 aromatic rings. The summed E-state index contributed by atoms with van der Waals surface area (Å²) in [5.41, 5.74) is 0.563. The molecule has 6 heteroatoms. The summed E-state index contributed by atoms with van der Waals surface area (Å²) >= 11 is 0. The molecule has 0 unspecified atom stereocenters. The summed E-state index contributed by atoms with van der Waals surface area (Å²) in [5.74, 6) is -3.29. The van der Waals surface area contributed by atoms with Crippen molar-refractivity contribution in [2.45, 2.75) is 13.3 Å². The van der Waals surface area contributed by atoms with Crippen molar-refractivity contribution in [1.82, 2.24) is 0 Å². The molecule has 0 atom stereocenters. The minimum Gasteiger partial charge on any atom is -0.326 e. The number of benzene rings is 2. The second-order valence-corrected chi connectivity index (χ2v) is 4.91. The van der Waals surface area contributed by atoms with E-state index in [1.165, 1.54) is 19.1 Å². The van der Waals surface area contributed by atoms with Crippen LogP contribution in [0.3, 0.4) is 0 Å². The second-order valence-electron chi connectivity index (χ2n) is 4.91. The van der Waals surface area contributed by atoms with Crippen LogP contribution in [0.4, 0.5) is 14.5 Å². The van der Waals surface area contributed by atoms with Gasteiger partial charge in [0.2, 0.25) is 5.91 Å². The molecule has 2 aromatic carbocycles. The van der Waals surface area contributed by atoms with Crippen molar-refractivity contribution < 1.29 is 23.2 Å². The molecule has 1 amide bonds. The molecule has 0 saturated heterocycles. The molecular weight excluding hydrogens is 304 g/mol. The van der Waals surface area contributed by atoms with E-state index >= 15 is 0 Å². The third-order valence-corrected chi connectivity index (χ3v) is 3.13. The summed E-state index contributed by atoms with van der Waals surface area (Å²) in [7, 11) is 0. The van der Waals surface area contributed by atoms with E-state index in [4.69, 9.17) is 0 Å². The predicted octanol–water partition coefficient (Wildman–Crippen LogP) is 3.38. The molecule has 0 bridgehead atoms. The normalized spacial score (nSPS) is 10.2. The van der Waals surface area contributed by atoms with Crippen molar-refractivity contribution in [2.75, 3.05) is 5.32 Å². The first-order valence-corrected chi connectivity index (χ1v) is 6.76. The molecule has 0 aromatic heterocycles. The molecule has 118 valence electrons. The monoisotopic (exact) mass is 317 g/mol. The summed E-state index contributed by atoms with van der Waals surface area (Å²) in [6.07, 6.45) is -0.572. The highest BCUT2D eigenvalue weighted by Crippen LogP contribution is 2.14. The van der Waals surface area contributed by atoms with Gasteiger partial charge in [-0.1, -0.05) is 0 Å². The Hall–Kier alpha value is -2.89. The van der Waals surface area contributed by atoms with E-state index < -0.39 is 29.7 Å². The fourth-order valence-electron chi connectivity index (χ4n) is 1.95. The number of amides is 1. The van der Waals surface area contributed by atoms with Crippen LogP contribution in [0.5, 0.6) is 0 Å². The maximum atomic E-state index is 13.5. The zero-order chi connectivity index (χ0) is 17.0. The van der Waals surface area contributed by atoms with Crippen molar-refractivity contribution in [2.24, 2.45) is 0 Å². The number of hydrogen-bond donors (Lipinski definition) is 1. The van der Waals surface area contributed by atoms with Crippen LogP contribution in [0.15, 0.2) is 42.5 Å². The van der Waals surface area contributed by atoms with Crippen molar-refractivity contribution in [3.63, 3.8) is 0 Å². The number of hydrogen-bond acceptors (Lipinski definition) is 3. The summed E-state index contributed by atoms with van der Waals surface area (Å²) in [6.45, 7) is 1.42. The van der Waals surface area contributed by atoms with Crippen molar-refractivity contribution in [1.29, 1.82) is 0 Å². The minimum atomic E-state index is -1.01. The van der Waals surface area contributed by atoms with Crippen LogP contribution in [0.1, 0.15) is 34.1 Å². The van der Waals surface area contributed by atoms with Gasteiger partial charge in [-0.05, 0) is 43.3 Å². The number of carbonyl (C=O) groups excluding carboxylic acids is 3. The quantitative estimate of drug-likeness (QED) is 0.679. The summed E-state index contributed by atoms with van der Waals surface area (Å²) in [4.78, 5) is 34.8. The first kappa shape index (κ1) is 16.5. The lowest BCUT2D eigenvalue weighted by Crippen LogP contribution is -2.17. The molecule has 0 aliphatic rings. The van der Waals surface area contributed by atoms with Gasteiger partial charge in [-0.25, -0.2) is 8.78 Å². The van der Waals surface area contributed by atoms with Gasteiger partial charge in [-0.3, -0.25) is 14.4 Å². The van der Waals surface area contributed by atoms with Crippen LogP contribution in [-0.4, -0.2) is 17.5 Å². The SMILES string of the molecule is CC(=O)c1ccc(NC(=O)CC(=O)c2ccc(F)cc2F)cc1. The predicted molar refractivity (Wildman–Crippen MR) is 80.4 cm³/mol. The Labute approximate surface area is 131 Å². The van der Waals surface area contributed by atoms with E-state index in [9.17, 15) is 23.2 Å². The first-order chi connectivity index (χ1) is 10.9.